The number of nitrogens with one attached hydrogen (secondary N) is 1. The van der Waals surface area contributed by atoms with Crippen LogP contribution in [-0.4, -0.2) is 69.4 Å². The summed E-state index contributed by atoms with van der Waals surface area (Å²) in [5.74, 6) is 2.42. The minimum Gasteiger partial charge on any atom is -0.497 e. The molecule has 2 aromatic carbocycles. The number of nitrogens with zero attached hydrogens (tertiary/aromatic N) is 4. The third-order valence-corrected chi connectivity index (χ3v) is 7.57. The summed E-state index contributed by atoms with van der Waals surface area (Å²) in [7, 11) is 3.31. The molecule has 0 atom stereocenters. The van der Waals surface area contributed by atoms with E-state index in [9.17, 15) is 4.79 Å². The van der Waals surface area contributed by atoms with Crippen LogP contribution in [0.4, 0.5) is 11.5 Å². The van der Waals surface area contributed by atoms with Crippen LogP contribution in [0.3, 0.4) is 0 Å². The summed E-state index contributed by atoms with van der Waals surface area (Å²) >= 11 is 1.60. The van der Waals surface area contributed by atoms with Crippen molar-refractivity contribution in [3.05, 3.63) is 71.4 Å². The molecule has 0 unspecified atom stereocenters. The van der Waals surface area contributed by atoms with Crippen molar-refractivity contribution in [2.45, 2.75) is 37.1 Å². The van der Waals surface area contributed by atoms with E-state index in [-0.39, 0.29) is 11.3 Å². The maximum atomic E-state index is 12.5. The molecule has 9 heteroatoms. The Morgan fingerprint density at radius 1 is 0.974 bits per heavy atom. The largest absolute Gasteiger partial charge is 0.497 e. The first-order valence-corrected chi connectivity index (χ1v) is 14.3. The van der Waals surface area contributed by atoms with Gasteiger partial charge in [0, 0.05) is 68.3 Å². The maximum Gasteiger partial charge on any atom is 0.251 e. The smallest absolute Gasteiger partial charge is 0.251 e. The molecule has 3 aromatic rings. The molecule has 0 aliphatic carbocycles. The number of carbonyl (C=O) groups is 1. The van der Waals surface area contributed by atoms with Crippen LogP contribution < -0.4 is 19.9 Å². The summed E-state index contributed by atoms with van der Waals surface area (Å²) < 4.78 is 10.3. The number of aromatic nitrogens is 2. The fraction of sp³-hybridized carbons (Fsp3) is 0.433. The quantitative estimate of drug-likeness (QED) is 0.220. The standard InChI is InChI=1S/C30H39N5O3S/c1-30(2,3)26-20-27(35-16-14-34(15-17-35)24-9-11-25(38-5)12-10-24)33-29(32-26)39-21-22-7-6-8-23(19-22)28(36)31-13-18-37-4/h6-12,19-20H,13-18,21H2,1-5H3,(H,31,36). The number of hydrogen-bond acceptors (Lipinski definition) is 8. The molecule has 0 spiro atoms. The molecule has 1 N–H and O–H groups in total. The highest BCUT2D eigenvalue weighted by Crippen LogP contribution is 2.29. The molecular weight excluding hydrogens is 510 g/mol. The molecule has 0 bridgehead atoms. The summed E-state index contributed by atoms with van der Waals surface area (Å²) in [6.45, 7) is 11.1. The van der Waals surface area contributed by atoms with E-state index in [1.54, 1.807) is 26.0 Å². The van der Waals surface area contributed by atoms with E-state index in [1.807, 2.05) is 36.4 Å². The van der Waals surface area contributed by atoms with Gasteiger partial charge in [0.2, 0.25) is 0 Å². The SMILES string of the molecule is COCCNC(=O)c1cccc(CSc2nc(N3CCN(c4ccc(OC)cc4)CC3)cc(C(C)(C)C)n2)c1. The van der Waals surface area contributed by atoms with Crippen LogP contribution in [0.2, 0.25) is 0 Å². The number of methoxy groups -OCH3 is 2. The Hall–Kier alpha value is -3.30. The highest BCUT2D eigenvalue weighted by Gasteiger charge is 2.23. The molecule has 4 rings (SSSR count). The average Bonchev–Trinajstić information content (AvgIpc) is 2.96. The van der Waals surface area contributed by atoms with Gasteiger partial charge in [-0.25, -0.2) is 9.97 Å². The number of hydrogen-bond donors (Lipinski definition) is 1. The van der Waals surface area contributed by atoms with Gasteiger partial charge in [-0.2, -0.15) is 0 Å². The first-order valence-electron chi connectivity index (χ1n) is 13.3. The van der Waals surface area contributed by atoms with E-state index in [1.165, 1.54) is 5.69 Å². The lowest BCUT2D eigenvalue weighted by Crippen LogP contribution is -2.47. The zero-order chi connectivity index (χ0) is 27.8. The number of benzene rings is 2. The zero-order valence-electron chi connectivity index (χ0n) is 23.6. The van der Waals surface area contributed by atoms with Crippen LogP contribution in [0.25, 0.3) is 0 Å². The minimum atomic E-state index is -0.0991. The van der Waals surface area contributed by atoms with Crippen LogP contribution in [0, 0.1) is 0 Å². The number of ether oxygens (including phenoxy) is 2. The van der Waals surface area contributed by atoms with Gasteiger partial charge in [-0.15, -0.1) is 0 Å². The Morgan fingerprint density at radius 3 is 2.36 bits per heavy atom. The molecule has 1 aromatic heterocycles. The molecule has 0 saturated carbocycles. The fourth-order valence-electron chi connectivity index (χ4n) is 4.33. The Bertz CT molecular complexity index is 1240. The van der Waals surface area contributed by atoms with Crippen LogP contribution in [0.1, 0.15) is 42.4 Å². The van der Waals surface area contributed by atoms with Crippen molar-refractivity contribution in [3.63, 3.8) is 0 Å². The maximum absolute atomic E-state index is 12.5. The monoisotopic (exact) mass is 549 g/mol. The lowest BCUT2D eigenvalue weighted by molar-refractivity contribution is 0.0937. The molecule has 0 radical (unpaired) electrons. The van der Waals surface area contributed by atoms with Crippen molar-refractivity contribution in [2.24, 2.45) is 0 Å². The van der Waals surface area contributed by atoms with Crippen LogP contribution >= 0.6 is 11.8 Å². The molecular formula is C30H39N5O3S. The Kier molecular flexibility index (Phi) is 9.69. The number of anilines is 2. The number of piperazine rings is 1. The number of thioether (sulfide) groups is 1. The molecule has 1 aliphatic rings. The van der Waals surface area contributed by atoms with E-state index >= 15 is 0 Å². The van der Waals surface area contributed by atoms with Crippen molar-refractivity contribution in [2.75, 3.05) is 63.4 Å². The second-order valence-corrected chi connectivity index (χ2v) is 11.5. The summed E-state index contributed by atoms with van der Waals surface area (Å²) in [6, 6.07) is 18.1. The van der Waals surface area contributed by atoms with Crippen molar-refractivity contribution < 1.29 is 14.3 Å². The Labute approximate surface area is 236 Å². The Morgan fingerprint density at radius 2 is 1.69 bits per heavy atom. The molecule has 1 fully saturated rings. The minimum absolute atomic E-state index is 0.0963. The second kappa shape index (κ2) is 13.2. The molecule has 1 aliphatic heterocycles. The number of carbonyl (C=O) groups excluding carboxylic acids is 1. The fourth-order valence-corrected chi connectivity index (χ4v) is 5.13. The van der Waals surface area contributed by atoms with Gasteiger partial charge < -0.3 is 24.6 Å². The highest BCUT2D eigenvalue weighted by molar-refractivity contribution is 7.98. The zero-order valence-corrected chi connectivity index (χ0v) is 24.4. The van der Waals surface area contributed by atoms with E-state index in [4.69, 9.17) is 19.4 Å². The van der Waals surface area contributed by atoms with Crippen LogP contribution in [0.15, 0.2) is 59.8 Å². The topological polar surface area (TPSA) is 79.8 Å². The van der Waals surface area contributed by atoms with E-state index in [0.717, 1.165) is 54.2 Å². The third-order valence-electron chi connectivity index (χ3n) is 6.65. The second-order valence-electron chi connectivity index (χ2n) is 10.6. The molecule has 208 valence electrons. The molecule has 39 heavy (non-hydrogen) atoms. The van der Waals surface area contributed by atoms with Crippen LogP contribution in [0.5, 0.6) is 5.75 Å². The molecule has 1 saturated heterocycles. The lowest BCUT2D eigenvalue weighted by atomic mass is 9.92. The van der Waals surface area contributed by atoms with Gasteiger partial charge in [0.05, 0.1) is 19.4 Å². The van der Waals surface area contributed by atoms with Crippen LogP contribution in [-0.2, 0) is 15.9 Å². The number of rotatable bonds is 10. The number of amides is 1. The van der Waals surface area contributed by atoms with Crippen molar-refractivity contribution in [1.82, 2.24) is 15.3 Å². The highest BCUT2D eigenvalue weighted by atomic mass is 32.2. The predicted molar refractivity (Wildman–Crippen MR) is 158 cm³/mol. The third kappa shape index (κ3) is 7.86. The van der Waals surface area contributed by atoms with Gasteiger partial charge >= 0.3 is 0 Å². The molecule has 1 amide bonds. The van der Waals surface area contributed by atoms with Gasteiger partial charge in [-0.3, -0.25) is 4.79 Å². The van der Waals surface area contributed by atoms with Crippen molar-refractivity contribution in [3.8, 4) is 5.75 Å². The van der Waals surface area contributed by atoms with Gasteiger partial charge in [0.25, 0.3) is 5.91 Å². The summed E-state index contributed by atoms with van der Waals surface area (Å²) in [6.07, 6.45) is 0. The van der Waals surface area contributed by atoms with E-state index < -0.39 is 0 Å². The first-order chi connectivity index (χ1) is 18.8. The average molecular weight is 550 g/mol. The van der Waals surface area contributed by atoms with Gasteiger partial charge in [-0.05, 0) is 42.0 Å². The van der Waals surface area contributed by atoms with Crippen molar-refractivity contribution >= 4 is 29.2 Å². The normalized spacial score (nSPS) is 13.9. The lowest BCUT2D eigenvalue weighted by Gasteiger charge is -2.37. The van der Waals surface area contributed by atoms with Gasteiger partial charge in [0.1, 0.15) is 11.6 Å². The summed E-state index contributed by atoms with van der Waals surface area (Å²) in [4.78, 5) is 27.1. The van der Waals surface area contributed by atoms with E-state index in [2.05, 4.69) is 54.1 Å². The van der Waals surface area contributed by atoms with Crippen molar-refractivity contribution in [1.29, 1.82) is 0 Å². The van der Waals surface area contributed by atoms with Gasteiger partial charge in [-0.1, -0.05) is 44.7 Å². The molecule has 2 heterocycles. The summed E-state index contributed by atoms with van der Waals surface area (Å²) in [5, 5.41) is 3.63. The Balaban J connectivity index is 1.44. The predicted octanol–water partition coefficient (Wildman–Crippen LogP) is 4.78. The molecule has 8 nitrogen and oxygen atoms in total. The summed E-state index contributed by atoms with van der Waals surface area (Å²) in [5.41, 5.74) is 3.83. The first kappa shape index (κ1) is 28.7. The van der Waals surface area contributed by atoms with E-state index in [0.29, 0.717) is 24.5 Å². The van der Waals surface area contributed by atoms with Gasteiger partial charge in [0.15, 0.2) is 5.16 Å².